The van der Waals surface area contributed by atoms with Crippen LogP contribution in [0.5, 0.6) is 0 Å². The Morgan fingerprint density at radius 3 is 2.62 bits per heavy atom. The van der Waals surface area contributed by atoms with Gasteiger partial charge in [0.25, 0.3) is 5.91 Å². The van der Waals surface area contributed by atoms with Gasteiger partial charge in [0, 0.05) is 0 Å². The summed E-state index contributed by atoms with van der Waals surface area (Å²) < 4.78 is 0. The molecule has 0 fully saturated rings. The van der Waals surface area contributed by atoms with Crippen molar-refractivity contribution in [2.24, 2.45) is 10.7 Å². The van der Waals surface area contributed by atoms with E-state index >= 15 is 0 Å². The number of nitrogens with two attached hydrogens (primary N) is 1. The number of guanidine groups is 1. The molecule has 1 rings (SSSR count). The predicted molar refractivity (Wildman–Crippen MR) is 25.1 cm³/mol. The first kappa shape index (κ1) is 5.04. The lowest BCUT2D eigenvalue weighted by Crippen LogP contribution is -2.30. The Hall–Kier alpha value is -1.10. The van der Waals surface area contributed by atoms with Crippen LogP contribution in [0.4, 0.5) is 0 Å². The molecule has 0 unspecified atom stereocenters. The molecule has 44 valence electrons. The van der Waals surface area contributed by atoms with Crippen LogP contribution >= 0.6 is 0 Å². The molecule has 8 heavy (non-hydrogen) atoms. The maximum atomic E-state index is 10.2. The van der Waals surface area contributed by atoms with Crippen molar-refractivity contribution in [1.82, 2.24) is 5.06 Å². The fraction of sp³-hybridized carbons (Fsp3) is 0.333. The molecule has 0 aliphatic carbocycles. The lowest BCUT2D eigenvalue weighted by molar-refractivity contribution is -0.121. The topological polar surface area (TPSA) is 78.9 Å². The van der Waals surface area contributed by atoms with E-state index in [1.165, 1.54) is 0 Å². The highest BCUT2D eigenvalue weighted by Gasteiger charge is 2.17. The van der Waals surface area contributed by atoms with Crippen LogP contribution < -0.4 is 5.73 Å². The normalized spacial score (nSPS) is 19.4. The Balaban J connectivity index is 2.73. The second-order valence-electron chi connectivity index (χ2n) is 1.42. The first-order valence-electron chi connectivity index (χ1n) is 2.03. The van der Waals surface area contributed by atoms with Gasteiger partial charge in [-0.05, 0) is 0 Å². The highest BCUT2D eigenvalue weighted by Crippen LogP contribution is 1.92. The number of nitrogens with zero attached hydrogens (tertiary/aromatic N) is 2. The van der Waals surface area contributed by atoms with Crippen molar-refractivity contribution in [1.29, 1.82) is 0 Å². The van der Waals surface area contributed by atoms with E-state index in [4.69, 9.17) is 10.9 Å². The maximum Gasteiger partial charge on any atom is 0.271 e. The minimum atomic E-state index is -0.412. The average Bonchev–Trinajstić information content (AvgIpc) is 1.85. The quantitative estimate of drug-likeness (QED) is 0.404. The zero-order valence-electron chi connectivity index (χ0n) is 4.03. The number of hydrogen-bond acceptors (Lipinski definition) is 4. The summed E-state index contributed by atoms with van der Waals surface area (Å²) in [5.41, 5.74) is 4.97. The molecule has 0 saturated carbocycles. The fourth-order valence-corrected chi connectivity index (χ4v) is 0.430. The summed E-state index contributed by atoms with van der Waals surface area (Å²) in [6, 6.07) is 0. The molecule has 3 N–H and O–H groups in total. The van der Waals surface area contributed by atoms with E-state index < -0.39 is 5.91 Å². The Morgan fingerprint density at radius 1 is 1.88 bits per heavy atom. The lowest BCUT2D eigenvalue weighted by Gasteiger charge is -2.02. The second-order valence-corrected chi connectivity index (χ2v) is 1.42. The van der Waals surface area contributed by atoms with Crippen LogP contribution in [0.15, 0.2) is 4.99 Å². The van der Waals surface area contributed by atoms with Gasteiger partial charge in [0.2, 0.25) is 5.96 Å². The largest absolute Gasteiger partial charge is 0.368 e. The number of aliphatic imine (C=N–C) groups is 1. The molecule has 1 amide bonds. The van der Waals surface area contributed by atoms with E-state index in [1.807, 2.05) is 0 Å². The van der Waals surface area contributed by atoms with Gasteiger partial charge in [-0.3, -0.25) is 10.0 Å². The lowest BCUT2D eigenvalue weighted by atomic mass is 10.6. The van der Waals surface area contributed by atoms with Gasteiger partial charge >= 0.3 is 0 Å². The summed E-state index contributed by atoms with van der Waals surface area (Å²) in [7, 11) is 0. The van der Waals surface area contributed by atoms with E-state index in [0.717, 1.165) is 0 Å². The van der Waals surface area contributed by atoms with Gasteiger partial charge in [-0.2, -0.15) is 4.99 Å². The first-order chi connectivity index (χ1) is 3.70. The predicted octanol–water partition coefficient (Wildman–Crippen LogP) is -1.47. The van der Waals surface area contributed by atoms with Gasteiger partial charge in [0.05, 0.1) is 0 Å². The number of hydrogen-bond donors (Lipinski definition) is 2. The molecule has 0 aromatic rings. The highest BCUT2D eigenvalue weighted by molar-refractivity contribution is 5.99. The van der Waals surface area contributed by atoms with Crippen LogP contribution in [0.3, 0.4) is 0 Å². The van der Waals surface area contributed by atoms with Gasteiger partial charge in [-0.1, -0.05) is 0 Å². The maximum absolute atomic E-state index is 10.2. The summed E-state index contributed by atoms with van der Waals surface area (Å²) in [6.45, 7) is -0.119. The van der Waals surface area contributed by atoms with E-state index in [1.54, 1.807) is 0 Å². The molecule has 0 spiro atoms. The summed E-state index contributed by atoms with van der Waals surface area (Å²) in [4.78, 5) is 13.4. The van der Waals surface area contributed by atoms with Gasteiger partial charge in [-0.15, -0.1) is 0 Å². The highest BCUT2D eigenvalue weighted by atomic mass is 16.5. The van der Waals surface area contributed by atoms with Crippen LogP contribution in [-0.4, -0.2) is 28.7 Å². The van der Waals surface area contributed by atoms with Crippen molar-refractivity contribution >= 4 is 11.9 Å². The van der Waals surface area contributed by atoms with Crippen LogP contribution in [0.25, 0.3) is 0 Å². The summed E-state index contributed by atoms with van der Waals surface area (Å²) >= 11 is 0. The van der Waals surface area contributed by atoms with Crippen LogP contribution in [0.2, 0.25) is 0 Å². The fourth-order valence-electron chi connectivity index (χ4n) is 0.430. The SMILES string of the molecule is NC1=NC(=O)CN1O. The molecule has 1 aliphatic rings. The van der Waals surface area contributed by atoms with Gasteiger partial charge in [0.15, 0.2) is 0 Å². The smallest absolute Gasteiger partial charge is 0.271 e. The van der Waals surface area contributed by atoms with E-state index in [-0.39, 0.29) is 12.5 Å². The number of amides is 1. The van der Waals surface area contributed by atoms with Crippen LogP contribution in [0.1, 0.15) is 0 Å². The standard InChI is InChI=1S/C3H5N3O2/c4-3-5-2(7)1-6(3)8/h8H,1H2,(H2,4,5,7). The van der Waals surface area contributed by atoms with Crippen LogP contribution in [0, 0.1) is 0 Å². The van der Waals surface area contributed by atoms with Crippen molar-refractivity contribution in [3.05, 3.63) is 0 Å². The van der Waals surface area contributed by atoms with Crippen molar-refractivity contribution in [3.63, 3.8) is 0 Å². The molecule has 1 heterocycles. The van der Waals surface area contributed by atoms with E-state index in [2.05, 4.69) is 4.99 Å². The zero-order chi connectivity index (χ0) is 6.15. The van der Waals surface area contributed by atoms with Crippen molar-refractivity contribution in [2.45, 2.75) is 0 Å². The number of carbonyl (C=O) groups is 1. The third-order valence-corrected chi connectivity index (χ3v) is 0.789. The molecule has 0 radical (unpaired) electrons. The molecule has 0 aromatic carbocycles. The summed E-state index contributed by atoms with van der Waals surface area (Å²) in [5.74, 6) is -0.542. The first-order valence-corrected chi connectivity index (χ1v) is 2.03. The van der Waals surface area contributed by atoms with Crippen molar-refractivity contribution in [3.8, 4) is 0 Å². The third kappa shape index (κ3) is 0.627. The minimum Gasteiger partial charge on any atom is -0.368 e. The molecule has 0 atom stereocenters. The Bertz CT molecular complexity index is 153. The minimum absolute atomic E-state index is 0.119. The Labute approximate surface area is 45.4 Å². The summed E-state index contributed by atoms with van der Waals surface area (Å²) in [6.07, 6.45) is 0. The molecular weight excluding hydrogens is 110 g/mol. The molecule has 5 heteroatoms. The van der Waals surface area contributed by atoms with Crippen molar-refractivity contribution < 1.29 is 10.0 Å². The van der Waals surface area contributed by atoms with Gasteiger partial charge in [-0.25, -0.2) is 5.06 Å². The molecule has 0 aromatic heterocycles. The van der Waals surface area contributed by atoms with Crippen molar-refractivity contribution in [2.75, 3.05) is 6.54 Å². The number of hydroxylamine groups is 2. The summed E-state index contributed by atoms with van der Waals surface area (Å²) in [5, 5.41) is 9.12. The zero-order valence-corrected chi connectivity index (χ0v) is 4.03. The third-order valence-electron chi connectivity index (χ3n) is 0.789. The molecule has 0 bridgehead atoms. The molecule has 0 saturated heterocycles. The molecule has 1 aliphatic heterocycles. The Kier molecular flexibility index (Phi) is 0.911. The Morgan fingerprint density at radius 2 is 2.50 bits per heavy atom. The second kappa shape index (κ2) is 1.45. The van der Waals surface area contributed by atoms with E-state index in [9.17, 15) is 4.79 Å². The molecular formula is C3H5N3O2. The number of rotatable bonds is 0. The number of carbonyl (C=O) groups excluding carboxylic acids is 1. The molecule has 5 nitrogen and oxygen atoms in total. The van der Waals surface area contributed by atoms with Gasteiger partial charge < -0.3 is 5.73 Å². The van der Waals surface area contributed by atoms with Gasteiger partial charge in [0.1, 0.15) is 6.54 Å². The monoisotopic (exact) mass is 115 g/mol. The average molecular weight is 115 g/mol. The van der Waals surface area contributed by atoms with Crippen LogP contribution in [-0.2, 0) is 4.79 Å². The van der Waals surface area contributed by atoms with E-state index in [0.29, 0.717) is 5.06 Å².